The molecule has 0 radical (unpaired) electrons. The van der Waals surface area contributed by atoms with Gasteiger partial charge < -0.3 is 24.3 Å². The normalized spacial score (nSPS) is 12.4. The van der Waals surface area contributed by atoms with Crippen molar-refractivity contribution in [3.63, 3.8) is 0 Å². The lowest BCUT2D eigenvalue weighted by atomic mass is 10.0. The number of rotatable bonds is 7. The molecule has 0 saturated carbocycles. The van der Waals surface area contributed by atoms with Crippen LogP contribution in [0.25, 0.3) is 10.8 Å². The first kappa shape index (κ1) is 23.1. The van der Waals surface area contributed by atoms with E-state index < -0.39 is 4.92 Å². The molecular formula is C27H22N2O7. The Labute approximate surface area is 206 Å². The number of para-hydroxylation sites is 2. The van der Waals surface area contributed by atoms with Crippen LogP contribution in [0.3, 0.4) is 0 Å². The lowest BCUT2D eigenvalue weighted by molar-refractivity contribution is -0.385. The number of fused-ring (bicyclic) bond motifs is 2. The molecule has 0 aliphatic carbocycles. The molecule has 182 valence electrons. The van der Waals surface area contributed by atoms with Crippen LogP contribution in [0.1, 0.15) is 21.5 Å². The van der Waals surface area contributed by atoms with E-state index in [1.807, 2.05) is 30.3 Å². The SMILES string of the molecule is COc1ccccc1NC(=O)c1cc2ccccc2cc1OCc1cc([N+](=O)[O-])cc2c1OCOC2. The lowest BCUT2D eigenvalue weighted by Crippen LogP contribution is -2.16. The first-order valence-electron chi connectivity index (χ1n) is 11.1. The van der Waals surface area contributed by atoms with E-state index in [0.29, 0.717) is 39.6 Å². The number of carbonyl (C=O) groups excluding carboxylic acids is 1. The standard InChI is InChI=1S/C27H22N2O7/c1-33-24-9-5-4-8-23(24)28-27(30)22-12-17-6-2-3-7-18(17)13-25(22)35-15-20-11-21(29(31)32)10-19-14-34-16-36-26(19)20/h2-13H,14-16H2,1H3,(H,28,30). The van der Waals surface area contributed by atoms with Gasteiger partial charge in [-0.1, -0.05) is 36.4 Å². The van der Waals surface area contributed by atoms with Gasteiger partial charge in [-0.05, 0) is 35.0 Å². The van der Waals surface area contributed by atoms with Crippen LogP contribution < -0.4 is 19.5 Å². The molecule has 36 heavy (non-hydrogen) atoms. The Bertz CT molecular complexity index is 1470. The molecule has 0 saturated heterocycles. The number of nitrogens with zero attached hydrogens (tertiary/aromatic N) is 1. The summed E-state index contributed by atoms with van der Waals surface area (Å²) in [6.45, 7) is 0.199. The highest BCUT2D eigenvalue weighted by Gasteiger charge is 2.22. The zero-order valence-corrected chi connectivity index (χ0v) is 19.4. The number of benzene rings is 4. The van der Waals surface area contributed by atoms with Crippen LogP contribution in [-0.2, 0) is 18.0 Å². The summed E-state index contributed by atoms with van der Waals surface area (Å²) < 4.78 is 22.3. The van der Waals surface area contributed by atoms with Crippen LogP contribution in [0.2, 0.25) is 0 Å². The Morgan fingerprint density at radius 2 is 1.78 bits per heavy atom. The van der Waals surface area contributed by atoms with E-state index in [1.165, 1.54) is 19.2 Å². The maximum atomic E-state index is 13.4. The van der Waals surface area contributed by atoms with Gasteiger partial charge in [0.15, 0.2) is 6.79 Å². The monoisotopic (exact) mass is 486 g/mol. The van der Waals surface area contributed by atoms with Gasteiger partial charge >= 0.3 is 0 Å². The van der Waals surface area contributed by atoms with E-state index in [-0.39, 0.29) is 31.6 Å². The predicted molar refractivity (Wildman–Crippen MR) is 133 cm³/mol. The Kier molecular flexibility index (Phi) is 6.38. The first-order chi connectivity index (χ1) is 17.5. The Morgan fingerprint density at radius 3 is 2.56 bits per heavy atom. The number of nitrogens with one attached hydrogen (secondary N) is 1. The second-order valence-corrected chi connectivity index (χ2v) is 8.10. The van der Waals surface area contributed by atoms with Crippen molar-refractivity contribution in [2.45, 2.75) is 13.2 Å². The van der Waals surface area contributed by atoms with Crippen molar-refractivity contribution in [3.05, 3.63) is 99.6 Å². The van der Waals surface area contributed by atoms with Crippen molar-refractivity contribution < 1.29 is 28.7 Å². The van der Waals surface area contributed by atoms with E-state index in [2.05, 4.69) is 5.32 Å². The summed E-state index contributed by atoms with van der Waals surface area (Å²) >= 11 is 0. The largest absolute Gasteiger partial charge is 0.495 e. The number of hydrogen-bond donors (Lipinski definition) is 1. The lowest BCUT2D eigenvalue weighted by Gasteiger charge is -2.21. The van der Waals surface area contributed by atoms with Crippen LogP contribution in [-0.4, -0.2) is 24.7 Å². The zero-order chi connectivity index (χ0) is 25.1. The molecule has 1 N–H and O–H groups in total. The van der Waals surface area contributed by atoms with Gasteiger partial charge in [-0.2, -0.15) is 0 Å². The maximum Gasteiger partial charge on any atom is 0.270 e. The van der Waals surface area contributed by atoms with Gasteiger partial charge in [-0.3, -0.25) is 14.9 Å². The average Bonchev–Trinajstić information content (AvgIpc) is 2.91. The van der Waals surface area contributed by atoms with Crippen molar-refractivity contribution in [3.8, 4) is 17.2 Å². The molecular weight excluding hydrogens is 464 g/mol. The van der Waals surface area contributed by atoms with Gasteiger partial charge in [0.25, 0.3) is 11.6 Å². The maximum absolute atomic E-state index is 13.4. The number of methoxy groups -OCH3 is 1. The molecule has 0 spiro atoms. The molecule has 4 aromatic carbocycles. The number of hydrogen-bond acceptors (Lipinski definition) is 7. The van der Waals surface area contributed by atoms with Gasteiger partial charge in [0.05, 0.1) is 29.9 Å². The summed E-state index contributed by atoms with van der Waals surface area (Å²) in [4.78, 5) is 24.3. The van der Waals surface area contributed by atoms with E-state index in [0.717, 1.165) is 10.8 Å². The smallest absolute Gasteiger partial charge is 0.270 e. The second kappa shape index (κ2) is 9.93. The summed E-state index contributed by atoms with van der Waals surface area (Å²) in [6.07, 6.45) is 0. The first-order valence-corrected chi connectivity index (χ1v) is 11.1. The molecule has 4 aromatic rings. The van der Waals surface area contributed by atoms with Crippen molar-refractivity contribution in [2.24, 2.45) is 0 Å². The van der Waals surface area contributed by atoms with Crippen LogP contribution in [0.4, 0.5) is 11.4 Å². The Morgan fingerprint density at radius 1 is 1.03 bits per heavy atom. The number of amides is 1. The molecule has 0 aromatic heterocycles. The minimum Gasteiger partial charge on any atom is -0.495 e. The molecule has 0 fully saturated rings. The molecule has 9 nitrogen and oxygen atoms in total. The number of carbonyl (C=O) groups is 1. The van der Waals surface area contributed by atoms with Gasteiger partial charge in [-0.25, -0.2) is 0 Å². The highest BCUT2D eigenvalue weighted by Crippen LogP contribution is 2.35. The van der Waals surface area contributed by atoms with Gasteiger partial charge in [-0.15, -0.1) is 0 Å². The number of nitro groups is 1. The van der Waals surface area contributed by atoms with Crippen molar-refractivity contribution >= 4 is 28.1 Å². The number of anilines is 1. The predicted octanol–water partition coefficient (Wildman–Crippen LogP) is 5.45. The molecule has 5 rings (SSSR count). The number of ether oxygens (including phenoxy) is 4. The minimum absolute atomic E-state index is 0.0420. The molecule has 1 amide bonds. The molecule has 1 aliphatic rings. The zero-order valence-electron chi connectivity index (χ0n) is 19.4. The molecule has 0 bridgehead atoms. The van der Waals surface area contributed by atoms with Crippen LogP contribution in [0.15, 0.2) is 72.8 Å². The summed E-state index contributed by atoms with van der Waals surface area (Å²) in [5.41, 5.74) is 1.80. The summed E-state index contributed by atoms with van der Waals surface area (Å²) in [5, 5.41) is 16.1. The minimum atomic E-state index is -0.472. The van der Waals surface area contributed by atoms with E-state index >= 15 is 0 Å². The molecule has 9 heteroatoms. The summed E-state index contributed by atoms with van der Waals surface area (Å²) in [7, 11) is 1.53. The fourth-order valence-corrected chi connectivity index (χ4v) is 4.10. The van der Waals surface area contributed by atoms with Crippen LogP contribution >= 0.6 is 0 Å². The molecule has 1 aliphatic heterocycles. The van der Waals surface area contributed by atoms with E-state index in [4.69, 9.17) is 18.9 Å². The van der Waals surface area contributed by atoms with Crippen molar-refractivity contribution in [1.82, 2.24) is 0 Å². The Balaban J connectivity index is 1.50. The third kappa shape index (κ3) is 4.64. The summed E-state index contributed by atoms with van der Waals surface area (Å²) in [5.74, 6) is 0.962. The molecule has 1 heterocycles. The third-order valence-corrected chi connectivity index (χ3v) is 5.81. The number of nitro benzene ring substituents is 1. The average molecular weight is 486 g/mol. The highest BCUT2D eigenvalue weighted by molar-refractivity contribution is 6.09. The second-order valence-electron chi connectivity index (χ2n) is 8.10. The number of non-ortho nitro benzene ring substituents is 1. The summed E-state index contributed by atoms with van der Waals surface area (Å²) in [6, 6.07) is 21.1. The fourth-order valence-electron chi connectivity index (χ4n) is 4.10. The van der Waals surface area contributed by atoms with Gasteiger partial charge in [0.2, 0.25) is 0 Å². The van der Waals surface area contributed by atoms with Gasteiger partial charge in [0.1, 0.15) is 23.9 Å². The quantitative estimate of drug-likeness (QED) is 0.273. The highest BCUT2D eigenvalue weighted by atomic mass is 16.7. The van der Waals surface area contributed by atoms with Crippen molar-refractivity contribution in [1.29, 1.82) is 0 Å². The van der Waals surface area contributed by atoms with Gasteiger partial charge in [0, 0.05) is 23.3 Å². The van der Waals surface area contributed by atoms with E-state index in [1.54, 1.807) is 30.3 Å². The fraction of sp³-hybridized carbons (Fsp3) is 0.148. The Hall–Kier alpha value is -4.63. The topological polar surface area (TPSA) is 109 Å². The van der Waals surface area contributed by atoms with Crippen molar-refractivity contribution in [2.75, 3.05) is 19.2 Å². The molecule has 0 atom stereocenters. The van der Waals surface area contributed by atoms with E-state index in [9.17, 15) is 14.9 Å². The van der Waals surface area contributed by atoms with Crippen LogP contribution in [0, 0.1) is 10.1 Å². The molecule has 0 unspecified atom stereocenters. The third-order valence-electron chi connectivity index (χ3n) is 5.81. The van der Waals surface area contributed by atoms with Crippen LogP contribution in [0.5, 0.6) is 17.2 Å².